The maximum atomic E-state index is 5.43. The van der Waals surface area contributed by atoms with E-state index in [0.717, 1.165) is 12.2 Å². The summed E-state index contributed by atoms with van der Waals surface area (Å²) in [6, 6.07) is 17.4. The fraction of sp³-hybridized carbons (Fsp3) is 0.222. The van der Waals surface area contributed by atoms with Crippen LogP contribution in [0.25, 0.3) is 10.8 Å². The SMILES string of the molecule is CNC(Cc1cccc2ccccc12)c1coc(C)c1. The van der Waals surface area contributed by atoms with Crippen molar-refractivity contribution in [3.63, 3.8) is 0 Å². The summed E-state index contributed by atoms with van der Waals surface area (Å²) in [6.45, 7) is 1.98. The highest BCUT2D eigenvalue weighted by Crippen LogP contribution is 2.25. The highest BCUT2D eigenvalue weighted by molar-refractivity contribution is 5.85. The van der Waals surface area contributed by atoms with Crippen molar-refractivity contribution < 1.29 is 4.42 Å². The van der Waals surface area contributed by atoms with Gasteiger partial charge in [-0.2, -0.15) is 0 Å². The van der Waals surface area contributed by atoms with E-state index in [9.17, 15) is 0 Å². The van der Waals surface area contributed by atoms with E-state index in [1.165, 1.54) is 21.9 Å². The zero-order chi connectivity index (χ0) is 13.9. The number of fused-ring (bicyclic) bond motifs is 1. The Kier molecular flexibility index (Phi) is 3.57. The number of aryl methyl sites for hydroxylation is 1. The summed E-state index contributed by atoms with van der Waals surface area (Å²) in [5.74, 6) is 0.957. The molecule has 20 heavy (non-hydrogen) atoms. The Morgan fingerprint density at radius 1 is 1.10 bits per heavy atom. The first-order valence-corrected chi connectivity index (χ1v) is 6.97. The minimum Gasteiger partial charge on any atom is -0.469 e. The maximum Gasteiger partial charge on any atom is 0.101 e. The summed E-state index contributed by atoms with van der Waals surface area (Å²) in [5, 5.41) is 6.01. The van der Waals surface area contributed by atoms with Crippen molar-refractivity contribution in [3.05, 3.63) is 71.7 Å². The van der Waals surface area contributed by atoms with Crippen molar-refractivity contribution in [1.82, 2.24) is 5.32 Å². The van der Waals surface area contributed by atoms with Crippen LogP contribution in [0.2, 0.25) is 0 Å². The number of benzene rings is 2. The van der Waals surface area contributed by atoms with Gasteiger partial charge in [-0.05, 0) is 42.8 Å². The summed E-state index contributed by atoms with van der Waals surface area (Å²) in [4.78, 5) is 0. The van der Waals surface area contributed by atoms with E-state index in [-0.39, 0.29) is 6.04 Å². The Morgan fingerprint density at radius 2 is 1.90 bits per heavy atom. The fourth-order valence-corrected chi connectivity index (χ4v) is 2.72. The van der Waals surface area contributed by atoms with E-state index in [1.807, 2.05) is 20.2 Å². The molecule has 1 aromatic heterocycles. The molecule has 1 heterocycles. The molecule has 0 saturated carbocycles. The van der Waals surface area contributed by atoms with E-state index in [1.54, 1.807) is 0 Å². The molecule has 1 N–H and O–H groups in total. The Labute approximate surface area is 119 Å². The quantitative estimate of drug-likeness (QED) is 0.763. The van der Waals surface area contributed by atoms with Crippen LogP contribution in [0.4, 0.5) is 0 Å². The Hall–Kier alpha value is -2.06. The molecule has 0 radical (unpaired) electrons. The zero-order valence-corrected chi connectivity index (χ0v) is 11.9. The van der Waals surface area contributed by atoms with Gasteiger partial charge in [-0.15, -0.1) is 0 Å². The van der Waals surface area contributed by atoms with Gasteiger partial charge >= 0.3 is 0 Å². The first kappa shape index (κ1) is 12.9. The highest BCUT2D eigenvalue weighted by atomic mass is 16.3. The van der Waals surface area contributed by atoms with Crippen LogP contribution in [0.5, 0.6) is 0 Å². The van der Waals surface area contributed by atoms with Crippen LogP contribution in [0.15, 0.2) is 59.2 Å². The zero-order valence-electron chi connectivity index (χ0n) is 11.9. The molecule has 2 aromatic carbocycles. The van der Waals surface area contributed by atoms with Gasteiger partial charge < -0.3 is 9.73 Å². The smallest absolute Gasteiger partial charge is 0.101 e. The van der Waals surface area contributed by atoms with Crippen molar-refractivity contribution >= 4 is 10.8 Å². The molecular formula is C18H19NO. The van der Waals surface area contributed by atoms with Crippen molar-refractivity contribution in [2.75, 3.05) is 7.05 Å². The topological polar surface area (TPSA) is 25.2 Å². The van der Waals surface area contributed by atoms with E-state index >= 15 is 0 Å². The molecule has 1 unspecified atom stereocenters. The van der Waals surface area contributed by atoms with Crippen molar-refractivity contribution in [2.45, 2.75) is 19.4 Å². The molecule has 2 heteroatoms. The molecular weight excluding hydrogens is 246 g/mol. The lowest BCUT2D eigenvalue weighted by atomic mass is 9.96. The van der Waals surface area contributed by atoms with Gasteiger partial charge in [0.15, 0.2) is 0 Å². The van der Waals surface area contributed by atoms with Gasteiger partial charge in [-0.1, -0.05) is 42.5 Å². The Bertz CT molecular complexity index is 709. The molecule has 1 atom stereocenters. The largest absolute Gasteiger partial charge is 0.469 e. The summed E-state index contributed by atoms with van der Waals surface area (Å²) in [7, 11) is 2.00. The summed E-state index contributed by atoms with van der Waals surface area (Å²) < 4.78 is 5.43. The first-order chi connectivity index (χ1) is 9.78. The van der Waals surface area contributed by atoms with Crippen molar-refractivity contribution in [3.8, 4) is 0 Å². The van der Waals surface area contributed by atoms with E-state index in [0.29, 0.717) is 0 Å². The molecule has 0 spiro atoms. The van der Waals surface area contributed by atoms with Crippen LogP contribution in [-0.4, -0.2) is 7.05 Å². The molecule has 0 amide bonds. The van der Waals surface area contributed by atoms with Gasteiger partial charge in [0.1, 0.15) is 5.76 Å². The van der Waals surface area contributed by atoms with Gasteiger partial charge in [0.2, 0.25) is 0 Å². The Morgan fingerprint density at radius 3 is 2.65 bits per heavy atom. The van der Waals surface area contributed by atoms with Crippen LogP contribution >= 0.6 is 0 Å². The minimum absolute atomic E-state index is 0.276. The number of rotatable bonds is 4. The lowest BCUT2D eigenvalue weighted by molar-refractivity contribution is 0.520. The lowest BCUT2D eigenvalue weighted by Gasteiger charge is -2.16. The third-order valence-electron chi connectivity index (χ3n) is 3.81. The first-order valence-electron chi connectivity index (χ1n) is 6.97. The second-order valence-corrected chi connectivity index (χ2v) is 5.17. The number of nitrogens with one attached hydrogen (secondary N) is 1. The third-order valence-corrected chi connectivity index (χ3v) is 3.81. The number of hydrogen-bond acceptors (Lipinski definition) is 2. The van der Waals surface area contributed by atoms with Crippen LogP contribution in [0, 0.1) is 6.92 Å². The fourth-order valence-electron chi connectivity index (χ4n) is 2.72. The minimum atomic E-state index is 0.276. The Balaban J connectivity index is 1.95. The van der Waals surface area contributed by atoms with E-state index in [2.05, 4.69) is 53.8 Å². The van der Waals surface area contributed by atoms with Crippen molar-refractivity contribution in [2.24, 2.45) is 0 Å². The summed E-state index contributed by atoms with van der Waals surface area (Å²) >= 11 is 0. The second-order valence-electron chi connectivity index (χ2n) is 5.17. The number of furan rings is 1. The molecule has 3 rings (SSSR count). The van der Waals surface area contributed by atoms with Gasteiger partial charge in [0.25, 0.3) is 0 Å². The molecule has 0 saturated heterocycles. The van der Waals surface area contributed by atoms with Gasteiger partial charge in [0.05, 0.1) is 6.26 Å². The number of hydrogen-bond donors (Lipinski definition) is 1. The molecule has 0 aliphatic carbocycles. The average Bonchev–Trinajstić information content (AvgIpc) is 2.91. The second kappa shape index (κ2) is 5.51. The van der Waals surface area contributed by atoms with Crippen LogP contribution < -0.4 is 5.32 Å². The third kappa shape index (κ3) is 2.47. The van der Waals surface area contributed by atoms with E-state index < -0.39 is 0 Å². The number of likely N-dealkylation sites (N-methyl/N-ethyl adjacent to an activating group) is 1. The normalized spacial score (nSPS) is 12.7. The van der Waals surface area contributed by atoms with Crippen LogP contribution in [0.3, 0.4) is 0 Å². The molecule has 2 nitrogen and oxygen atoms in total. The molecule has 0 fully saturated rings. The summed E-state index contributed by atoms with van der Waals surface area (Å²) in [6.07, 6.45) is 2.80. The van der Waals surface area contributed by atoms with Crippen molar-refractivity contribution in [1.29, 1.82) is 0 Å². The predicted octanol–water partition coefficient (Wildman–Crippen LogP) is 4.24. The lowest BCUT2D eigenvalue weighted by Crippen LogP contribution is -2.18. The molecule has 0 aliphatic heterocycles. The monoisotopic (exact) mass is 265 g/mol. The van der Waals surface area contributed by atoms with Gasteiger partial charge in [-0.3, -0.25) is 0 Å². The molecule has 0 bridgehead atoms. The summed E-state index contributed by atoms with van der Waals surface area (Å²) in [5.41, 5.74) is 2.57. The molecule has 102 valence electrons. The predicted molar refractivity (Wildman–Crippen MR) is 82.9 cm³/mol. The van der Waals surface area contributed by atoms with Crippen LogP contribution in [-0.2, 0) is 6.42 Å². The highest BCUT2D eigenvalue weighted by Gasteiger charge is 2.13. The van der Waals surface area contributed by atoms with Gasteiger partial charge in [-0.25, -0.2) is 0 Å². The maximum absolute atomic E-state index is 5.43. The van der Waals surface area contributed by atoms with Gasteiger partial charge in [0, 0.05) is 11.6 Å². The van der Waals surface area contributed by atoms with E-state index in [4.69, 9.17) is 4.42 Å². The molecule has 0 aliphatic rings. The average molecular weight is 265 g/mol. The standard InChI is InChI=1S/C18H19NO/c1-13-10-16(12-20-13)18(19-2)11-15-8-5-7-14-6-3-4-9-17(14)15/h3-10,12,18-19H,11H2,1-2H3. The van der Waals surface area contributed by atoms with Crippen LogP contribution in [0.1, 0.15) is 22.9 Å². The molecule has 3 aromatic rings.